The number of alkyl carbamates (subject to hydrolysis) is 1. The monoisotopic (exact) mass is 516 g/mol. The minimum absolute atomic E-state index is 0.145. The number of benzene rings is 2. The van der Waals surface area contributed by atoms with Gasteiger partial charge in [-0.05, 0) is 57.9 Å². The fraction of sp³-hybridized carbons (Fsp3) is 0.481. The molecule has 2 aromatic rings. The van der Waals surface area contributed by atoms with Crippen LogP contribution in [0, 0.1) is 24.0 Å². The van der Waals surface area contributed by atoms with E-state index in [-0.39, 0.29) is 23.6 Å². The Morgan fingerprint density at radius 3 is 2.14 bits per heavy atom. The lowest BCUT2D eigenvalue weighted by Crippen LogP contribution is -2.50. The maximum Gasteiger partial charge on any atom is 0.408 e. The number of nitro groups is 1. The SMILES string of the molecule is COc1cc(COc2cc(C)cc(C)c2C(C)(C)C(C=O)NC(=O)OC(C)(C)C)c([N+](=O)[O-])cc1OC. The van der Waals surface area contributed by atoms with E-state index in [1.54, 1.807) is 26.8 Å². The van der Waals surface area contributed by atoms with E-state index < -0.39 is 28.1 Å². The van der Waals surface area contributed by atoms with Crippen molar-refractivity contribution in [2.45, 2.75) is 72.1 Å². The van der Waals surface area contributed by atoms with Crippen LogP contribution in [0.2, 0.25) is 0 Å². The van der Waals surface area contributed by atoms with Crippen molar-refractivity contribution in [3.8, 4) is 17.2 Å². The van der Waals surface area contributed by atoms with E-state index in [1.807, 2.05) is 33.8 Å². The number of rotatable bonds is 10. The Morgan fingerprint density at radius 2 is 1.62 bits per heavy atom. The number of nitrogens with zero attached hydrogens (tertiary/aromatic N) is 1. The predicted molar refractivity (Wildman–Crippen MR) is 139 cm³/mol. The number of carbonyl (C=O) groups is 2. The minimum Gasteiger partial charge on any atom is -0.493 e. The Bertz CT molecular complexity index is 1170. The van der Waals surface area contributed by atoms with E-state index in [2.05, 4.69) is 5.32 Å². The van der Waals surface area contributed by atoms with Gasteiger partial charge < -0.3 is 29.1 Å². The summed E-state index contributed by atoms with van der Waals surface area (Å²) in [7, 11) is 2.84. The molecule has 10 heteroatoms. The number of methoxy groups -OCH3 is 2. The number of aldehydes is 1. The van der Waals surface area contributed by atoms with Crippen LogP contribution in [-0.2, 0) is 21.6 Å². The van der Waals surface area contributed by atoms with E-state index >= 15 is 0 Å². The molecule has 0 heterocycles. The summed E-state index contributed by atoms with van der Waals surface area (Å²) in [5.74, 6) is 0.993. The number of carbonyl (C=O) groups excluding carboxylic acids is 2. The number of hydrogen-bond acceptors (Lipinski definition) is 8. The highest BCUT2D eigenvalue weighted by atomic mass is 16.6. The van der Waals surface area contributed by atoms with Crippen LogP contribution in [0.4, 0.5) is 10.5 Å². The van der Waals surface area contributed by atoms with Crippen LogP contribution in [0.15, 0.2) is 24.3 Å². The summed E-state index contributed by atoms with van der Waals surface area (Å²) in [6, 6.07) is 5.59. The van der Waals surface area contributed by atoms with E-state index in [0.717, 1.165) is 11.1 Å². The van der Waals surface area contributed by atoms with Gasteiger partial charge in [-0.15, -0.1) is 0 Å². The van der Waals surface area contributed by atoms with Crippen LogP contribution < -0.4 is 19.5 Å². The zero-order chi connectivity index (χ0) is 28.1. The van der Waals surface area contributed by atoms with Crippen LogP contribution in [0.1, 0.15) is 56.9 Å². The van der Waals surface area contributed by atoms with Crippen molar-refractivity contribution in [1.29, 1.82) is 0 Å². The van der Waals surface area contributed by atoms with Gasteiger partial charge in [0.2, 0.25) is 0 Å². The van der Waals surface area contributed by atoms with Crippen molar-refractivity contribution in [1.82, 2.24) is 5.32 Å². The maximum absolute atomic E-state index is 12.4. The second-order valence-corrected chi connectivity index (χ2v) is 10.3. The second-order valence-electron chi connectivity index (χ2n) is 10.3. The van der Waals surface area contributed by atoms with E-state index in [9.17, 15) is 19.7 Å². The van der Waals surface area contributed by atoms with Crippen molar-refractivity contribution < 1.29 is 33.5 Å². The number of nitrogens with one attached hydrogen (secondary N) is 1. The molecule has 1 atom stereocenters. The first kappa shape index (κ1) is 29.4. The Hall–Kier alpha value is -3.82. The summed E-state index contributed by atoms with van der Waals surface area (Å²) in [5.41, 5.74) is 0.856. The summed E-state index contributed by atoms with van der Waals surface area (Å²) in [4.78, 5) is 35.8. The number of ether oxygens (including phenoxy) is 4. The summed E-state index contributed by atoms with van der Waals surface area (Å²) < 4.78 is 22.0. The van der Waals surface area contributed by atoms with Gasteiger partial charge in [-0.25, -0.2) is 4.79 Å². The Kier molecular flexibility index (Phi) is 9.13. The minimum atomic E-state index is -0.943. The molecule has 10 nitrogen and oxygen atoms in total. The third kappa shape index (κ3) is 7.12. The number of nitro benzene ring substituents is 1. The standard InChI is InChI=1S/C27H36N2O8/c1-16-10-17(2)24(27(6,7)23(14-30)28-25(31)37-26(3,4)5)22(11-16)36-15-18-12-20(34-8)21(35-9)13-19(18)29(32)33/h10-14,23H,15H2,1-9H3,(H,28,31). The zero-order valence-electron chi connectivity index (χ0n) is 22.9. The second kappa shape index (κ2) is 11.5. The normalized spacial score (nSPS) is 12.4. The number of amides is 1. The summed E-state index contributed by atoms with van der Waals surface area (Å²) in [6.45, 7) is 12.5. The van der Waals surface area contributed by atoms with E-state index in [0.29, 0.717) is 23.3 Å². The predicted octanol–water partition coefficient (Wildman–Crippen LogP) is 5.18. The van der Waals surface area contributed by atoms with Crippen LogP contribution in [0.5, 0.6) is 17.2 Å². The molecule has 37 heavy (non-hydrogen) atoms. The van der Waals surface area contributed by atoms with Gasteiger partial charge in [0.25, 0.3) is 5.69 Å². The lowest BCUT2D eigenvalue weighted by atomic mass is 9.75. The molecule has 0 aliphatic rings. The molecular formula is C27H36N2O8. The van der Waals surface area contributed by atoms with Gasteiger partial charge in [0.1, 0.15) is 24.2 Å². The molecule has 202 valence electrons. The quantitative estimate of drug-likeness (QED) is 0.260. The summed E-state index contributed by atoms with van der Waals surface area (Å²) in [5, 5.41) is 14.4. The lowest BCUT2D eigenvalue weighted by molar-refractivity contribution is -0.385. The molecule has 0 aliphatic heterocycles. The molecule has 0 radical (unpaired) electrons. The molecule has 0 saturated heterocycles. The van der Waals surface area contributed by atoms with Gasteiger partial charge in [0, 0.05) is 11.0 Å². The van der Waals surface area contributed by atoms with Crippen LogP contribution >= 0.6 is 0 Å². The van der Waals surface area contributed by atoms with Crippen molar-refractivity contribution in [3.63, 3.8) is 0 Å². The van der Waals surface area contributed by atoms with Gasteiger partial charge in [-0.3, -0.25) is 10.1 Å². The first-order chi connectivity index (χ1) is 17.1. The molecule has 0 saturated carbocycles. The zero-order valence-corrected chi connectivity index (χ0v) is 22.9. The maximum atomic E-state index is 12.4. The van der Waals surface area contributed by atoms with Crippen LogP contribution in [0.25, 0.3) is 0 Å². The third-order valence-electron chi connectivity index (χ3n) is 5.84. The van der Waals surface area contributed by atoms with Gasteiger partial charge in [-0.1, -0.05) is 19.9 Å². The lowest BCUT2D eigenvalue weighted by Gasteiger charge is -2.35. The molecule has 0 bridgehead atoms. The molecule has 2 rings (SSSR count). The molecule has 2 aromatic carbocycles. The highest BCUT2D eigenvalue weighted by Gasteiger charge is 2.37. The fourth-order valence-electron chi connectivity index (χ4n) is 4.19. The third-order valence-corrected chi connectivity index (χ3v) is 5.84. The van der Waals surface area contributed by atoms with E-state index in [4.69, 9.17) is 18.9 Å². The Labute approximate surface area is 217 Å². The van der Waals surface area contributed by atoms with Crippen LogP contribution in [-0.4, -0.2) is 43.2 Å². The molecular weight excluding hydrogens is 480 g/mol. The number of hydrogen-bond donors (Lipinski definition) is 1. The van der Waals surface area contributed by atoms with Crippen molar-refractivity contribution in [2.75, 3.05) is 14.2 Å². The summed E-state index contributed by atoms with van der Waals surface area (Å²) in [6.07, 6.45) is -0.0579. The van der Waals surface area contributed by atoms with Gasteiger partial charge in [0.05, 0.1) is 36.8 Å². The largest absolute Gasteiger partial charge is 0.493 e. The summed E-state index contributed by atoms with van der Waals surface area (Å²) >= 11 is 0. The first-order valence-electron chi connectivity index (χ1n) is 11.7. The average Bonchev–Trinajstić information content (AvgIpc) is 2.78. The average molecular weight is 517 g/mol. The molecule has 0 spiro atoms. The van der Waals surface area contributed by atoms with Gasteiger partial charge in [0.15, 0.2) is 11.5 Å². The van der Waals surface area contributed by atoms with Gasteiger partial charge >= 0.3 is 6.09 Å². The molecule has 0 aromatic heterocycles. The highest BCUT2D eigenvalue weighted by molar-refractivity contribution is 5.75. The Balaban J connectivity index is 2.50. The smallest absolute Gasteiger partial charge is 0.408 e. The fourth-order valence-corrected chi connectivity index (χ4v) is 4.19. The molecule has 0 fully saturated rings. The van der Waals surface area contributed by atoms with Crippen molar-refractivity contribution in [2.24, 2.45) is 0 Å². The van der Waals surface area contributed by atoms with E-state index in [1.165, 1.54) is 26.4 Å². The molecule has 1 unspecified atom stereocenters. The van der Waals surface area contributed by atoms with Crippen LogP contribution in [0.3, 0.4) is 0 Å². The van der Waals surface area contributed by atoms with Gasteiger partial charge in [-0.2, -0.15) is 0 Å². The first-order valence-corrected chi connectivity index (χ1v) is 11.7. The molecule has 0 aliphatic carbocycles. The van der Waals surface area contributed by atoms with Crippen molar-refractivity contribution in [3.05, 3.63) is 56.6 Å². The van der Waals surface area contributed by atoms with Crippen molar-refractivity contribution >= 4 is 18.1 Å². The topological polar surface area (TPSA) is 126 Å². The highest BCUT2D eigenvalue weighted by Crippen LogP contribution is 2.39. The Morgan fingerprint density at radius 1 is 1.03 bits per heavy atom. The number of aryl methyl sites for hydroxylation is 2. The molecule has 1 amide bonds. The molecule has 1 N–H and O–H groups in total.